The van der Waals surface area contributed by atoms with Crippen LogP contribution in [0.3, 0.4) is 0 Å². The predicted octanol–water partition coefficient (Wildman–Crippen LogP) is 3.15. The van der Waals surface area contributed by atoms with Gasteiger partial charge < -0.3 is 19.9 Å². The highest BCUT2D eigenvalue weighted by Crippen LogP contribution is 2.21. The summed E-state index contributed by atoms with van der Waals surface area (Å²) in [6.07, 6.45) is 0.788. The summed E-state index contributed by atoms with van der Waals surface area (Å²) in [5.74, 6) is 1.17. The maximum absolute atomic E-state index is 12.3. The molecule has 158 valence electrons. The van der Waals surface area contributed by atoms with E-state index in [-0.39, 0.29) is 29.7 Å². The number of ether oxygens (including phenoxy) is 1. The van der Waals surface area contributed by atoms with E-state index < -0.39 is 0 Å². The van der Waals surface area contributed by atoms with Gasteiger partial charge in [-0.25, -0.2) is 0 Å². The van der Waals surface area contributed by atoms with Gasteiger partial charge >= 0.3 is 0 Å². The predicted molar refractivity (Wildman–Crippen MR) is 109 cm³/mol. The summed E-state index contributed by atoms with van der Waals surface area (Å²) >= 11 is 0. The normalized spacial score (nSPS) is 12.3. The SMILES string of the molecule is CCOc1ccccc1C(=O)NCCCC(=O)NC(C)c1nc(C(C)(C)C)no1. The number of nitrogens with one attached hydrogen (secondary N) is 2. The standard InChI is InChI=1S/C21H30N4O4/c1-6-28-16-11-8-7-10-15(16)18(27)22-13-9-12-17(26)23-14(2)19-24-20(25-29-19)21(3,4)5/h7-8,10-11,14H,6,9,12-13H2,1-5H3,(H,22,27)(H,23,26). The van der Waals surface area contributed by atoms with Crippen LogP contribution >= 0.6 is 0 Å². The molecule has 0 aliphatic carbocycles. The molecular weight excluding hydrogens is 372 g/mol. The van der Waals surface area contributed by atoms with Gasteiger partial charge in [-0.2, -0.15) is 4.98 Å². The molecule has 2 aromatic rings. The molecule has 2 rings (SSSR count). The molecule has 2 N–H and O–H groups in total. The monoisotopic (exact) mass is 402 g/mol. The summed E-state index contributed by atoms with van der Waals surface area (Å²) in [6, 6.07) is 6.70. The lowest BCUT2D eigenvalue weighted by molar-refractivity contribution is -0.122. The van der Waals surface area contributed by atoms with Crippen molar-refractivity contribution in [2.75, 3.05) is 13.2 Å². The molecule has 0 radical (unpaired) electrons. The molecule has 0 fully saturated rings. The first-order valence-electron chi connectivity index (χ1n) is 9.85. The van der Waals surface area contributed by atoms with Crippen LogP contribution in [0, 0.1) is 0 Å². The Labute approximate surface area is 171 Å². The van der Waals surface area contributed by atoms with Crippen molar-refractivity contribution >= 4 is 11.8 Å². The highest BCUT2D eigenvalue weighted by atomic mass is 16.5. The zero-order chi connectivity index (χ0) is 21.4. The molecule has 0 aliphatic rings. The van der Waals surface area contributed by atoms with E-state index in [1.165, 1.54) is 0 Å². The van der Waals surface area contributed by atoms with Gasteiger partial charge in [0.05, 0.1) is 12.2 Å². The van der Waals surface area contributed by atoms with Gasteiger partial charge in [-0.05, 0) is 32.4 Å². The minimum Gasteiger partial charge on any atom is -0.493 e. The first kappa shape index (κ1) is 22.4. The van der Waals surface area contributed by atoms with E-state index in [1.807, 2.05) is 33.8 Å². The average Bonchev–Trinajstić information content (AvgIpc) is 3.16. The highest BCUT2D eigenvalue weighted by molar-refractivity contribution is 5.96. The van der Waals surface area contributed by atoms with E-state index in [1.54, 1.807) is 25.1 Å². The lowest BCUT2D eigenvalue weighted by atomic mass is 9.96. The van der Waals surface area contributed by atoms with Gasteiger partial charge in [0.25, 0.3) is 5.91 Å². The van der Waals surface area contributed by atoms with Gasteiger partial charge in [0.1, 0.15) is 11.8 Å². The fourth-order valence-corrected chi connectivity index (χ4v) is 2.57. The Kier molecular flexibility index (Phi) is 7.75. The maximum atomic E-state index is 12.3. The fourth-order valence-electron chi connectivity index (χ4n) is 2.57. The summed E-state index contributed by atoms with van der Waals surface area (Å²) in [6.45, 7) is 10.5. The maximum Gasteiger partial charge on any atom is 0.255 e. The van der Waals surface area contributed by atoms with Gasteiger partial charge in [0, 0.05) is 18.4 Å². The Balaban J connectivity index is 1.76. The second kappa shape index (κ2) is 10.0. The molecule has 0 saturated carbocycles. The number of benzene rings is 1. The zero-order valence-electron chi connectivity index (χ0n) is 17.7. The lowest BCUT2D eigenvalue weighted by Gasteiger charge is -2.12. The largest absolute Gasteiger partial charge is 0.493 e. The van der Waals surface area contributed by atoms with Crippen molar-refractivity contribution < 1.29 is 18.8 Å². The molecule has 0 aliphatic heterocycles. The molecule has 1 aromatic heterocycles. The molecule has 1 unspecified atom stereocenters. The second-order valence-electron chi connectivity index (χ2n) is 7.78. The molecule has 0 spiro atoms. The van der Waals surface area contributed by atoms with Gasteiger partial charge in [-0.1, -0.05) is 38.1 Å². The van der Waals surface area contributed by atoms with Crippen LogP contribution in [0.15, 0.2) is 28.8 Å². The first-order valence-corrected chi connectivity index (χ1v) is 9.85. The minimum atomic E-state index is -0.376. The van der Waals surface area contributed by atoms with E-state index >= 15 is 0 Å². The van der Waals surface area contributed by atoms with Crippen LogP contribution in [0.25, 0.3) is 0 Å². The Morgan fingerprint density at radius 3 is 2.62 bits per heavy atom. The van der Waals surface area contributed by atoms with Gasteiger partial charge in [-0.3, -0.25) is 9.59 Å². The Hall–Kier alpha value is -2.90. The summed E-state index contributed by atoms with van der Waals surface area (Å²) < 4.78 is 10.7. The minimum absolute atomic E-state index is 0.142. The summed E-state index contributed by atoms with van der Waals surface area (Å²) in [7, 11) is 0. The quantitative estimate of drug-likeness (QED) is 0.624. The van der Waals surface area contributed by atoms with E-state index in [0.717, 1.165) is 0 Å². The smallest absolute Gasteiger partial charge is 0.255 e. The van der Waals surface area contributed by atoms with E-state index in [9.17, 15) is 9.59 Å². The summed E-state index contributed by atoms with van der Waals surface area (Å²) in [5, 5.41) is 9.62. The van der Waals surface area contributed by atoms with E-state index in [0.29, 0.717) is 42.6 Å². The molecule has 1 heterocycles. The fraction of sp³-hybridized carbons (Fsp3) is 0.524. The van der Waals surface area contributed by atoms with Crippen LogP contribution in [0.5, 0.6) is 5.75 Å². The van der Waals surface area contributed by atoms with Crippen molar-refractivity contribution in [1.82, 2.24) is 20.8 Å². The van der Waals surface area contributed by atoms with Gasteiger partial charge in [0.15, 0.2) is 5.82 Å². The van der Waals surface area contributed by atoms with Crippen molar-refractivity contribution in [3.05, 3.63) is 41.5 Å². The second-order valence-corrected chi connectivity index (χ2v) is 7.78. The number of rotatable bonds is 9. The van der Waals surface area contributed by atoms with Crippen LogP contribution in [0.4, 0.5) is 0 Å². The number of hydrogen-bond donors (Lipinski definition) is 2. The molecule has 0 bridgehead atoms. The van der Waals surface area contributed by atoms with Crippen LogP contribution in [-0.4, -0.2) is 35.1 Å². The van der Waals surface area contributed by atoms with Crippen LogP contribution in [0.2, 0.25) is 0 Å². The number of aromatic nitrogens is 2. The number of nitrogens with zero attached hydrogens (tertiary/aromatic N) is 2. The van der Waals surface area contributed by atoms with Gasteiger partial charge in [-0.15, -0.1) is 0 Å². The number of hydrogen-bond acceptors (Lipinski definition) is 6. The summed E-state index contributed by atoms with van der Waals surface area (Å²) in [5.41, 5.74) is 0.267. The van der Waals surface area contributed by atoms with Gasteiger partial charge in [0.2, 0.25) is 11.8 Å². The van der Waals surface area contributed by atoms with Crippen molar-refractivity contribution in [3.63, 3.8) is 0 Å². The molecule has 1 aromatic carbocycles. The van der Waals surface area contributed by atoms with E-state index in [4.69, 9.17) is 9.26 Å². The average molecular weight is 402 g/mol. The zero-order valence-corrected chi connectivity index (χ0v) is 17.7. The third-order valence-electron chi connectivity index (χ3n) is 4.16. The third-order valence-corrected chi connectivity index (χ3v) is 4.16. The Morgan fingerprint density at radius 1 is 1.24 bits per heavy atom. The molecule has 8 heteroatoms. The molecule has 2 amide bonds. The first-order chi connectivity index (χ1) is 13.7. The number of para-hydroxylation sites is 1. The summed E-state index contributed by atoms with van der Waals surface area (Å²) in [4.78, 5) is 28.8. The molecule has 0 saturated heterocycles. The Bertz CT molecular complexity index is 826. The number of carbonyl (C=O) groups excluding carboxylic acids is 2. The molecular formula is C21H30N4O4. The lowest BCUT2D eigenvalue weighted by Crippen LogP contribution is -2.29. The number of amides is 2. The third kappa shape index (κ3) is 6.58. The van der Waals surface area contributed by atoms with Crippen molar-refractivity contribution in [2.45, 2.75) is 58.9 Å². The van der Waals surface area contributed by atoms with Crippen LogP contribution in [-0.2, 0) is 10.2 Å². The Morgan fingerprint density at radius 2 is 1.97 bits per heavy atom. The van der Waals surface area contributed by atoms with Crippen LogP contribution in [0.1, 0.15) is 75.6 Å². The van der Waals surface area contributed by atoms with Crippen molar-refractivity contribution in [1.29, 1.82) is 0 Å². The molecule has 29 heavy (non-hydrogen) atoms. The highest BCUT2D eigenvalue weighted by Gasteiger charge is 2.23. The topological polar surface area (TPSA) is 106 Å². The molecule has 8 nitrogen and oxygen atoms in total. The number of carbonyl (C=O) groups is 2. The van der Waals surface area contributed by atoms with Crippen molar-refractivity contribution in [2.24, 2.45) is 0 Å². The van der Waals surface area contributed by atoms with Crippen LogP contribution < -0.4 is 15.4 Å². The van der Waals surface area contributed by atoms with E-state index in [2.05, 4.69) is 20.8 Å². The molecule has 1 atom stereocenters. The van der Waals surface area contributed by atoms with Crippen molar-refractivity contribution in [3.8, 4) is 5.75 Å².